The Morgan fingerprint density at radius 1 is 1.21 bits per heavy atom. The van der Waals surface area contributed by atoms with Gasteiger partial charge in [-0.05, 0) is 29.3 Å². The number of rotatable bonds is 4. The largest absolute Gasteiger partial charge is 0.357 e. The molecule has 0 bridgehead atoms. The van der Waals surface area contributed by atoms with Crippen LogP contribution in [0.4, 0.5) is 5.69 Å². The van der Waals surface area contributed by atoms with Gasteiger partial charge in [-0.1, -0.05) is 30.3 Å². The molecule has 0 fully saturated rings. The van der Waals surface area contributed by atoms with Gasteiger partial charge < -0.3 is 10.2 Å². The van der Waals surface area contributed by atoms with E-state index in [0.717, 1.165) is 16.8 Å². The highest BCUT2D eigenvalue weighted by atomic mass is 32.2. The fraction of sp³-hybridized carbons (Fsp3) is 0.278. The van der Waals surface area contributed by atoms with Gasteiger partial charge in [-0.25, -0.2) is 8.42 Å². The average molecular weight is 344 g/mol. The first-order chi connectivity index (χ1) is 11.4. The van der Waals surface area contributed by atoms with Gasteiger partial charge in [-0.15, -0.1) is 0 Å². The number of anilines is 1. The van der Waals surface area contributed by atoms with Gasteiger partial charge in [0.05, 0.1) is 4.90 Å². The number of likely N-dealkylation sites (N-methyl/N-ethyl adjacent to an activating group) is 1. The summed E-state index contributed by atoms with van der Waals surface area (Å²) >= 11 is 0. The molecule has 5 nitrogen and oxygen atoms in total. The van der Waals surface area contributed by atoms with Gasteiger partial charge in [0.1, 0.15) is 6.04 Å². The molecule has 0 saturated heterocycles. The summed E-state index contributed by atoms with van der Waals surface area (Å²) in [6, 6.07) is 14.5. The van der Waals surface area contributed by atoms with E-state index in [9.17, 15) is 13.2 Å². The highest BCUT2D eigenvalue weighted by Crippen LogP contribution is 2.33. The summed E-state index contributed by atoms with van der Waals surface area (Å²) in [5.41, 5.74) is 3.02. The SMILES string of the molecule is CNC(=O)C1Cc2ccccc2N1Cc1cccc(S(C)(=O)=O)c1. The van der Waals surface area contributed by atoms with Crippen molar-refractivity contribution in [3.05, 3.63) is 59.7 Å². The Hall–Kier alpha value is -2.34. The predicted octanol–water partition coefficient (Wildman–Crippen LogP) is 1.77. The van der Waals surface area contributed by atoms with Gasteiger partial charge >= 0.3 is 0 Å². The molecule has 1 unspecified atom stereocenters. The maximum Gasteiger partial charge on any atom is 0.242 e. The average Bonchev–Trinajstić information content (AvgIpc) is 2.92. The van der Waals surface area contributed by atoms with Gasteiger partial charge in [0.25, 0.3) is 0 Å². The third-order valence-corrected chi connectivity index (χ3v) is 5.43. The minimum absolute atomic E-state index is 0.0366. The number of amides is 1. The molecule has 0 radical (unpaired) electrons. The zero-order valence-corrected chi connectivity index (χ0v) is 14.5. The van der Waals surface area contributed by atoms with E-state index in [-0.39, 0.29) is 11.9 Å². The molecule has 0 spiro atoms. The summed E-state index contributed by atoms with van der Waals surface area (Å²) in [6.07, 6.45) is 1.85. The van der Waals surface area contributed by atoms with Crippen LogP contribution in [-0.2, 0) is 27.6 Å². The van der Waals surface area contributed by atoms with Crippen LogP contribution in [0.3, 0.4) is 0 Å². The van der Waals surface area contributed by atoms with Crippen LogP contribution in [0.5, 0.6) is 0 Å². The number of sulfone groups is 1. The summed E-state index contributed by atoms with van der Waals surface area (Å²) in [4.78, 5) is 14.6. The van der Waals surface area contributed by atoms with Crippen molar-refractivity contribution in [1.82, 2.24) is 5.32 Å². The zero-order chi connectivity index (χ0) is 17.3. The minimum Gasteiger partial charge on any atom is -0.357 e. The maximum atomic E-state index is 12.3. The van der Waals surface area contributed by atoms with Crippen LogP contribution in [-0.4, -0.2) is 33.7 Å². The van der Waals surface area contributed by atoms with Gasteiger partial charge in [-0.3, -0.25) is 4.79 Å². The number of nitrogens with zero attached hydrogens (tertiary/aromatic N) is 1. The van der Waals surface area contributed by atoms with E-state index in [1.807, 2.05) is 35.2 Å². The second kappa shape index (κ2) is 6.28. The summed E-state index contributed by atoms with van der Waals surface area (Å²) in [5, 5.41) is 2.72. The molecule has 0 saturated carbocycles. The van der Waals surface area contributed by atoms with Crippen molar-refractivity contribution < 1.29 is 13.2 Å². The van der Waals surface area contributed by atoms with Gasteiger partial charge in [0.15, 0.2) is 9.84 Å². The first-order valence-corrected chi connectivity index (χ1v) is 9.64. The monoisotopic (exact) mass is 344 g/mol. The van der Waals surface area contributed by atoms with E-state index in [1.165, 1.54) is 6.26 Å². The Balaban J connectivity index is 1.96. The molecule has 24 heavy (non-hydrogen) atoms. The van der Waals surface area contributed by atoms with E-state index in [2.05, 4.69) is 5.32 Å². The van der Waals surface area contributed by atoms with Crippen LogP contribution in [0.1, 0.15) is 11.1 Å². The molecule has 1 atom stereocenters. The molecule has 1 N–H and O–H groups in total. The van der Waals surface area contributed by atoms with Crippen LogP contribution in [0.25, 0.3) is 0 Å². The zero-order valence-electron chi connectivity index (χ0n) is 13.7. The minimum atomic E-state index is -3.25. The number of fused-ring (bicyclic) bond motifs is 1. The molecule has 6 heteroatoms. The van der Waals surface area contributed by atoms with E-state index in [1.54, 1.807) is 25.2 Å². The Morgan fingerprint density at radius 3 is 2.67 bits per heavy atom. The molecular formula is C18H20N2O3S. The number of hydrogen-bond donors (Lipinski definition) is 1. The second-order valence-corrected chi connectivity index (χ2v) is 8.03. The van der Waals surface area contributed by atoms with Crippen LogP contribution in [0.2, 0.25) is 0 Å². The molecule has 0 aliphatic carbocycles. The number of nitrogens with one attached hydrogen (secondary N) is 1. The third-order valence-electron chi connectivity index (χ3n) is 4.32. The predicted molar refractivity (Wildman–Crippen MR) is 93.7 cm³/mol. The first-order valence-electron chi connectivity index (χ1n) is 7.75. The molecule has 3 rings (SSSR count). The smallest absolute Gasteiger partial charge is 0.242 e. The van der Waals surface area contributed by atoms with E-state index < -0.39 is 9.84 Å². The van der Waals surface area contributed by atoms with Crippen molar-refractivity contribution in [1.29, 1.82) is 0 Å². The normalized spacial score (nSPS) is 16.8. The fourth-order valence-corrected chi connectivity index (χ4v) is 3.81. The molecule has 2 aromatic carbocycles. The molecule has 1 aliphatic heterocycles. The van der Waals surface area contributed by atoms with Crippen molar-refractivity contribution in [2.24, 2.45) is 0 Å². The molecule has 2 aromatic rings. The summed E-state index contributed by atoms with van der Waals surface area (Å²) in [6.45, 7) is 0.485. The molecular weight excluding hydrogens is 324 g/mol. The standard InChI is InChI=1S/C18H20N2O3S/c1-19-18(21)17-11-14-7-3-4-9-16(14)20(17)12-13-6-5-8-15(10-13)24(2,22)23/h3-10,17H,11-12H2,1-2H3,(H,19,21). The highest BCUT2D eigenvalue weighted by molar-refractivity contribution is 7.90. The third kappa shape index (κ3) is 3.14. The fourth-order valence-electron chi connectivity index (χ4n) is 3.12. The summed E-state index contributed by atoms with van der Waals surface area (Å²) in [5.74, 6) is -0.0366. The Kier molecular flexibility index (Phi) is 4.32. The van der Waals surface area contributed by atoms with Crippen LogP contribution in [0, 0.1) is 0 Å². The highest BCUT2D eigenvalue weighted by Gasteiger charge is 2.33. The van der Waals surface area contributed by atoms with Crippen LogP contribution in [0.15, 0.2) is 53.4 Å². The van der Waals surface area contributed by atoms with Gasteiger partial charge in [0, 0.05) is 32.0 Å². The van der Waals surface area contributed by atoms with Crippen molar-refractivity contribution in [3.8, 4) is 0 Å². The molecule has 0 aromatic heterocycles. The quantitative estimate of drug-likeness (QED) is 0.918. The van der Waals surface area contributed by atoms with Gasteiger partial charge in [-0.2, -0.15) is 0 Å². The van der Waals surface area contributed by atoms with Crippen LogP contribution < -0.4 is 10.2 Å². The summed E-state index contributed by atoms with van der Waals surface area (Å²) in [7, 11) is -1.62. The van der Waals surface area contributed by atoms with E-state index >= 15 is 0 Å². The lowest BCUT2D eigenvalue weighted by atomic mass is 10.1. The Bertz CT molecular complexity index is 877. The number of benzene rings is 2. The lowest BCUT2D eigenvalue weighted by Gasteiger charge is -2.26. The van der Waals surface area contributed by atoms with Crippen LogP contribution >= 0.6 is 0 Å². The lowest BCUT2D eigenvalue weighted by molar-refractivity contribution is -0.121. The van der Waals surface area contributed by atoms with E-state index in [4.69, 9.17) is 0 Å². The lowest BCUT2D eigenvalue weighted by Crippen LogP contribution is -2.43. The second-order valence-electron chi connectivity index (χ2n) is 6.01. The number of hydrogen-bond acceptors (Lipinski definition) is 4. The Morgan fingerprint density at radius 2 is 1.96 bits per heavy atom. The molecule has 126 valence electrons. The number of carbonyl (C=O) groups is 1. The summed E-state index contributed by atoms with van der Waals surface area (Å²) < 4.78 is 23.5. The van der Waals surface area contributed by atoms with E-state index in [0.29, 0.717) is 17.9 Å². The first kappa shape index (κ1) is 16.5. The van der Waals surface area contributed by atoms with Crippen molar-refractivity contribution in [2.45, 2.75) is 23.9 Å². The Labute approximate surface area is 142 Å². The molecule has 1 aliphatic rings. The topological polar surface area (TPSA) is 66.5 Å². The van der Waals surface area contributed by atoms with Crippen molar-refractivity contribution in [3.63, 3.8) is 0 Å². The van der Waals surface area contributed by atoms with Gasteiger partial charge in [0.2, 0.25) is 5.91 Å². The molecule has 1 heterocycles. The van der Waals surface area contributed by atoms with Crippen molar-refractivity contribution in [2.75, 3.05) is 18.2 Å². The number of carbonyl (C=O) groups excluding carboxylic acids is 1. The number of para-hydroxylation sites is 1. The maximum absolute atomic E-state index is 12.3. The molecule has 1 amide bonds. The van der Waals surface area contributed by atoms with Crippen molar-refractivity contribution >= 4 is 21.4 Å².